The molecule has 0 aliphatic heterocycles. The predicted octanol–water partition coefficient (Wildman–Crippen LogP) is 3.37. The lowest BCUT2D eigenvalue weighted by Crippen LogP contribution is -2.27. The minimum absolute atomic E-state index is 0.366. The summed E-state index contributed by atoms with van der Waals surface area (Å²) < 4.78 is 13.5. The van der Waals surface area contributed by atoms with E-state index in [1.165, 1.54) is 0 Å². The summed E-state index contributed by atoms with van der Waals surface area (Å²) in [7, 11) is 0. The zero-order valence-corrected chi connectivity index (χ0v) is 9.19. The smallest absolute Gasteiger partial charge is 0.137 e. The van der Waals surface area contributed by atoms with E-state index in [0.717, 1.165) is 4.48 Å². The van der Waals surface area contributed by atoms with Gasteiger partial charge in [-0.25, -0.2) is 4.39 Å². The largest absolute Gasteiger partial charge is 0.241 e. The third-order valence-electron chi connectivity index (χ3n) is 1.41. The van der Waals surface area contributed by atoms with Crippen molar-refractivity contribution in [2.24, 2.45) is 0 Å². The van der Waals surface area contributed by atoms with Gasteiger partial charge in [-0.1, -0.05) is 50.7 Å². The Balaban J connectivity index is 2.84. The van der Waals surface area contributed by atoms with E-state index in [1.54, 1.807) is 6.08 Å². The van der Waals surface area contributed by atoms with Gasteiger partial charge in [-0.3, -0.25) is 0 Å². The predicted molar refractivity (Wildman–Crippen MR) is 53.5 cm³/mol. The summed E-state index contributed by atoms with van der Waals surface area (Å²) in [6.07, 6.45) is 4.43. The molecule has 0 radical (unpaired) electrons. The second kappa shape index (κ2) is 2.93. The fourth-order valence-electron chi connectivity index (χ4n) is 0.693. The average Bonchev–Trinajstić information content (AvgIpc) is 1.81. The van der Waals surface area contributed by atoms with E-state index in [9.17, 15) is 4.39 Å². The summed E-state index contributed by atoms with van der Waals surface area (Å²) in [5.74, 6) is 0. The Labute approximate surface area is 81.8 Å². The van der Waals surface area contributed by atoms with Crippen molar-refractivity contribution in [3.8, 4) is 0 Å². The summed E-state index contributed by atoms with van der Waals surface area (Å²) in [5, 5.41) is 0. The van der Waals surface area contributed by atoms with Crippen molar-refractivity contribution in [2.75, 3.05) is 0 Å². The van der Waals surface area contributed by atoms with Crippen molar-refractivity contribution in [1.82, 2.24) is 0 Å². The monoisotopic (exact) mass is 316 g/mol. The summed E-state index contributed by atoms with van der Waals surface area (Å²) in [6, 6.07) is 0. The third kappa shape index (κ3) is 1.81. The molecular weight excluding hydrogens is 310 g/mol. The van der Waals surface area contributed by atoms with Gasteiger partial charge < -0.3 is 0 Å². The zero-order chi connectivity index (χ0) is 7.78. The maximum atomic E-state index is 13.0. The molecule has 0 aromatic heterocycles. The Kier molecular flexibility index (Phi) is 2.55. The van der Waals surface area contributed by atoms with Crippen LogP contribution in [-0.2, 0) is 0 Å². The molecule has 0 aromatic rings. The number of alkyl halides is 2. The first-order valence-corrected chi connectivity index (χ1v) is 4.79. The molecule has 2 unspecified atom stereocenters. The Bertz CT molecular complexity index is 196. The molecule has 0 spiro atoms. The molecule has 0 heterocycles. The maximum absolute atomic E-state index is 13.0. The summed E-state index contributed by atoms with van der Waals surface area (Å²) in [5.41, 5.74) is 0. The molecular formula is C7H7BrFI. The van der Waals surface area contributed by atoms with Gasteiger partial charge in [-0.2, -0.15) is 0 Å². The van der Waals surface area contributed by atoms with Crippen molar-refractivity contribution >= 4 is 38.5 Å². The molecule has 0 N–H and O–H groups in total. The van der Waals surface area contributed by atoms with Gasteiger partial charge in [0, 0.05) is 4.48 Å². The van der Waals surface area contributed by atoms with Crippen molar-refractivity contribution in [1.29, 1.82) is 0 Å². The number of hydrogen-bond donors (Lipinski definition) is 0. The molecule has 0 aromatic carbocycles. The van der Waals surface area contributed by atoms with Crippen LogP contribution in [-0.4, -0.2) is 9.59 Å². The lowest BCUT2D eigenvalue weighted by molar-refractivity contribution is 0.366. The molecule has 0 bridgehead atoms. The molecule has 1 aliphatic rings. The van der Waals surface area contributed by atoms with Crippen LogP contribution in [0.1, 0.15) is 6.92 Å². The quantitative estimate of drug-likeness (QED) is 0.475. The standard InChI is InChI=1S/C7H7BrFI/c1-7(10)3-2-5(8)4-6(7)9/h2-4,6H,1H3. The van der Waals surface area contributed by atoms with E-state index in [1.807, 2.05) is 19.1 Å². The molecule has 0 fully saturated rings. The van der Waals surface area contributed by atoms with E-state index in [0.29, 0.717) is 0 Å². The number of allylic oxidation sites excluding steroid dienone is 4. The van der Waals surface area contributed by atoms with Crippen LogP contribution in [0.15, 0.2) is 22.7 Å². The molecule has 0 saturated heterocycles. The highest BCUT2D eigenvalue weighted by atomic mass is 127. The van der Waals surface area contributed by atoms with Gasteiger partial charge in [0.05, 0.1) is 3.42 Å². The molecule has 3 heteroatoms. The minimum Gasteiger partial charge on any atom is -0.241 e. The first-order valence-electron chi connectivity index (χ1n) is 2.92. The second-order valence-corrected chi connectivity index (χ2v) is 5.68. The fourth-order valence-corrected chi connectivity index (χ4v) is 1.42. The topological polar surface area (TPSA) is 0 Å². The van der Waals surface area contributed by atoms with Crippen LogP contribution < -0.4 is 0 Å². The second-order valence-electron chi connectivity index (χ2n) is 2.44. The van der Waals surface area contributed by atoms with Crippen molar-refractivity contribution in [3.05, 3.63) is 22.7 Å². The molecule has 0 saturated carbocycles. The summed E-state index contributed by atoms with van der Waals surface area (Å²) in [6.45, 7) is 1.87. The van der Waals surface area contributed by atoms with Gasteiger partial charge in [-0.05, 0) is 13.0 Å². The summed E-state index contributed by atoms with van der Waals surface area (Å²) in [4.78, 5) is 0. The summed E-state index contributed by atoms with van der Waals surface area (Å²) >= 11 is 5.31. The number of hydrogen-bond acceptors (Lipinski definition) is 0. The Morgan fingerprint density at radius 3 is 2.80 bits per heavy atom. The molecule has 0 nitrogen and oxygen atoms in total. The maximum Gasteiger partial charge on any atom is 0.137 e. The van der Waals surface area contributed by atoms with Crippen LogP contribution in [0.3, 0.4) is 0 Å². The van der Waals surface area contributed by atoms with E-state index < -0.39 is 6.17 Å². The first-order chi connectivity index (χ1) is 4.52. The lowest BCUT2D eigenvalue weighted by atomic mass is 10.0. The van der Waals surface area contributed by atoms with Crippen LogP contribution in [0, 0.1) is 0 Å². The molecule has 56 valence electrons. The molecule has 10 heavy (non-hydrogen) atoms. The zero-order valence-electron chi connectivity index (χ0n) is 5.44. The lowest BCUT2D eigenvalue weighted by Gasteiger charge is -2.23. The number of rotatable bonds is 0. The Morgan fingerprint density at radius 2 is 2.40 bits per heavy atom. The van der Waals surface area contributed by atoms with Crippen LogP contribution >= 0.6 is 38.5 Å². The normalized spacial score (nSPS) is 39.6. The van der Waals surface area contributed by atoms with Gasteiger partial charge >= 0.3 is 0 Å². The average molecular weight is 317 g/mol. The van der Waals surface area contributed by atoms with Crippen LogP contribution in [0.5, 0.6) is 0 Å². The van der Waals surface area contributed by atoms with E-state index in [-0.39, 0.29) is 3.42 Å². The Morgan fingerprint density at radius 1 is 1.80 bits per heavy atom. The van der Waals surface area contributed by atoms with E-state index in [4.69, 9.17) is 0 Å². The van der Waals surface area contributed by atoms with Crippen molar-refractivity contribution in [2.45, 2.75) is 16.5 Å². The molecule has 1 aliphatic carbocycles. The molecule has 1 rings (SSSR count). The van der Waals surface area contributed by atoms with E-state index in [2.05, 4.69) is 38.5 Å². The van der Waals surface area contributed by atoms with Gasteiger partial charge in [0.15, 0.2) is 0 Å². The van der Waals surface area contributed by atoms with Gasteiger partial charge in [0.1, 0.15) is 6.17 Å². The van der Waals surface area contributed by atoms with Crippen molar-refractivity contribution < 1.29 is 4.39 Å². The fraction of sp³-hybridized carbons (Fsp3) is 0.429. The number of halogens is 3. The molecule has 0 amide bonds. The Hall–Kier alpha value is 0.620. The van der Waals surface area contributed by atoms with Crippen molar-refractivity contribution in [3.63, 3.8) is 0 Å². The van der Waals surface area contributed by atoms with Crippen LogP contribution in [0.4, 0.5) is 4.39 Å². The highest BCUT2D eigenvalue weighted by Gasteiger charge is 2.29. The highest BCUT2D eigenvalue weighted by Crippen LogP contribution is 2.33. The van der Waals surface area contributed by atoms with Gasteiger partial charge in [-0.15, -0.1) is 0 Å². The van der Waals surface area contributed by atoms with Gasteiger partial charge in [0.25, 0.3) is 0 Å². The minimum atomic E-state index is -0.882. The molecule has 2 atom stereocenters. The van der Waals surface area contributed by atoms with Gasteiger partial charge in [0.2, 0.25) is 0 Å². The first kappa shape index (κ1) is 8.71. The SMILES string of the molecule is CC1(I)C=CC(Br)=CC1F. The third-order valence-corrected chi connectivity index (χ3v) is 2.90. The highest BCUT2D eigenvalue weighted by molar-refractivity contribution is 14.1. The van der Waals surface area contributed by atoms with Crippen LogP contribution in [0.2, 0.25) is 0 Å². The van der Waals surface area contributed by atoms with E-state index >= 15 is 0 Å². The van der Waals surface area contributed by atoms with Crippen LogP contribution in [0.25, 0.3) is 0 Å².